The van der Waals surface area contributed by atoms with Gasteiger partial charge in [-0.1, -0.05) is 41.4 Å². The number of fused-ring (bicyclic) bond motifs is 1. The number of pyridine rings is 1. The lowest BCUT2D eigenvalue weighted by molar-refractivity contribution is 0.591. The molecule has 0 aliphatic heterocycles. The quantitative estimate of drug-likeness (QED) is 0.228. The van der Waals surface area contributed by atoms with Gasteiger partial charge in [0.05, 0.1) is 34.0 Å². The summed E-state index contributed by atoms with van der Waals surface area (Å²) in [7, 11) is 0. The minimum atomic E-state index is -0.807. The van der Waals surface area contributed by atoms with Gasteiger partial charge in [0.15, 0.2) is 0 Å². The number of para-hydroxylation sites is 1. The zero-order valence-corrected chi connectivity index (χ0v) is 19.7. The molecule has 1 atom stereocenters. The molecule has 2 heterocycles. The van der Waals surface area contributed by atoms with Crippen molar-refractivity contribution in [2.45, 2.75) is 6.04 Å². The number of rotatable bonds is 6. The molecule has 0 aliphatic rings. The van der Waals surface area contributed by atoms with E-state index in [0.717, 1.165) is 17.7 Å². The van der Waals surface area contributed by atoms with Crippen LogP contribution in [-0.2, 0) is 0 Å². The van der Waals surface area contributed by atoms with Gasteiger partial charge in [0.1, 0.15) is 29.1 Å². The summed E-state index contributed by atoms with van der Waals surface area (Å²) in [4.78, 5) is 4.28. The van der Waals surface area contributed by atoms with Crippen LogP contribution in [0, 0.1) is 23.0 Å². The van der Waals surface area contributed by atoms with E-state index >= 15 is 0 Å². The molecule has 0 amide bonds. The van der Waals surface area contributed by atoms with E-state index in [0.29, 0.717) is 27.3 Å². The average Bonchev–Trinajstić information content (AvgIpc) is 3.40. The van der Waals surface area contributed by atoms with Crippen molar-refractivity contribution in [3.8, 4) is 6.07 Å². The number of benzene rings is 3. The normalized spacial score (nSPS) is 11.8. The standard InChI is InChI=1S/C25H15Cl2F2N7/c26-15-6-4-13(5-7-15)23(21-12-32-36-35-21)33-16-8-17-22(34-25-19(28)2-1-3-20(25)29)14(10-30)11-31-24(17)18(27)9-16/h1-9,11-12,23,33H,(H,31,34)(H,32,35,36). The lowest BCUT2D eigenvalue weighted by Crippen LogP contribution is -2.13. The number of hydrogen-bond acceptors (Lipinski definition) is 6. The maximum absolute atomic E-state index is 14.4. The van der Waals surface area contributed by atoms with Gasteiger partial charge in [-0.25, -0.2) is 8.78 Å². The van der Waals surface area contributed by atoms with Crippen LogP contribution in [0.5, 0.6) is 0 Å². The van der Waals surface area contributed by atoms with Crippen molar-refractivity contribution in [2.24, 2.45) is 0 Å². The van der Waals surface area contributed by atoms with Gasteiger partial charge in [0.25, 0.3) is 0 Å². The fourth-order valence-corrected chi connectivity index (χ4v) is 4.20. The summed E-state index contributed by atoms with van der Waals surface area (Å²) in [5.41, 5.74) is 2.21. The highest BCUT2D eigenvalue weighted by atomic mass is 35.5. The molecule has 5 rings (SSSR count). The molecular weight excluding hydrogens is 507 g/mol. The third-order valence-corrected chi connectivity index (χ3v) is 6.04. The molecule has 0 saturated carbocycles. The van der Waals surface area contributed by atoms with Crippen molar-refractivity contribution in [3.63, 3.8) is 0 Å². The lowest BCUT2D eigenvalue weighted by atomic mass is 10.0. The van der Waals surface area contributed by atoms with E-state index in [9.17, 15) is 14.0 Å². The number of nitriles is 1. The first-order valence-corrected chi connectivity index (χ1v) is 11.3. The van der Waals surface area contributed by atoms with Crippen LogP contribution in [0.15, 0.2) is 67.0 Å². The fourth-order valence-electron chi connectivity index (χ4n) is 3.80. The Morgan fingerprint density at radius 3 is 2.39 bits per heavy atom. The summed E-state index contributed by atoms with van der Waals surface area (Å²) in [6.45, 7) is 0. The van der Waals surface area contributed by atoms with Crippen molar-refractivity contribution in [1.82, 2.24) is 20.4 Å². The number of nitrogens with one attached hydrogen (secondary N) is 3. The third-order valence-electron chi connectivity index (χ3n) is 5.50. The number of anilines is 3. The number of aromatic amines is 1. The first-order chi connectivity index (χ1) is 17.4. The highest BCUT2D eigenvalue weighted by Gasteiger charge is 2.20. The number of nitrogens with zero attached hydrogens (tertiary/aromatic N) is 4. The van der Waals surface area contributed by atoms with Crippen molar-refractivity contribution in [2.75, 3.05) is 10.6 Å². The van der Waals surface area contributed by atoms with Crippen LogP contribution in [0.1, 0.15) is 22.9 Å². The van der Waals surface area contributed by atoms with Gasteiger partial charge in [-0.15, -0.1) is 0 Å². The summed E-state index contributed by atoms with van der Waals surface area (Å²) in [6.07, 6.45) is 2.88. The maximum atomic E-state index is 14.4. The van der Waals surface area contributed by atoms with E-state index in [1.165, 1.54) is 12.3 Å². The molecule has 11 heteroatoms. The Kier molecular flexibility index (Phi) is 6.38. The molecule has 0 saturated heterocycles. The van der Waals surface area contributed by atoms with Crippen LogP contribution < -0.4 is 10.6 Å². The van der Waals surface area contributed by atoms with E-state index in [2.05, 4.69) is 31.0 Å². The Bertz CT molecular complexity index is 1580. The Morgan fingerprint density at radius 1 is 0.972 bits per heavy atom. The topological polar surface area (TPSA) is 102 Å². The van der Waals surface area contributed by atoms with Gasteiger partial charge in [-0.3, -0.25) is 4.98 Å². The minimum absolute atomic E-state index is 0.0872. The number of halogens is 4. The van der Waals surface area contributed by atoms with Crippen molar-refractivity contribution >= 4 is 51.2 Å². The molecule has 2 aromatic heterocycles. The Balaban J connectivity index is 1.63. The van der Waals surface area contributed by atoms with Gasteiger partial charge in [-0.05, 0) is 42.0 Å². The van der Waals surface area contributed by atoms with Crippen LogP contribution >= 0.6 is 23.2 Å². The highest BCUT2D eigenvalue weighted by molar-refractivity contribution is 6.36. The Hall–Kier alpha value is -4.26. The monoisotopic (exact) mass is 521 g/mol. The van der Waals surface area contributed by atoms with Crippen LogP contribution in [0.25, 0.3) is 10.9 Å². The van der Waals surface area contributed by atoms with Crippen LogP contribution in [0.2, 0.25) is 10.0 Å². The van der Waals surface area contributed by atoms with E-state index < -0.39 is 23.4 Å². The molecule has 0 radical (unpaired) electrons. The van der Waals surface area contributed by atoms with Crippen molar-refractivity contribution < 1.29 is 8.78 Å². The van der Waals surface area contributed by atoms with Gasteiger partial charge >= 0.3 is 0 Å². The molecule has 0 bridgehead atoms. The van der Waals surface area contributed by atoms with Gasteiger partial charge in [0.2, 0.25) is 0 Å². The summed E-state index contributed by atoms with van der Waals surface area (Å²) in [5.74, 6) is -1.61. The largest absolute Gasteiger partial charge is 0.373 e. The molecule has 5 aromatic rings. The SMILES string of the molecule is N#Cc1cnc2c(Cl)cc(NC(c3ccc(Cl)cc3)c3cn[nH]n3)cc2c1Nc1c(F)cccc1F. The fraction of sp³-hybridized carbons (Fsp3) is 0.0400. The van der Waals surface area contributed by atoms with Crippen LogP contribution in [0.4, 0.5) is 25.8 Å². The zero-order valence-electron chi connectivity index (χ0n) is 18.2. The summed E-state index contributed by atoms with van der Waals surface area (Å²) >= 11 is 12.6. The van der Waals surface area contributed by atoms with E-state index in [-0.39, 0.29) is 16.3 Å². The second kappa shape index (κ2) is 9.77. The second-order valence-electron chi connectivity index (χ2n) is 7.76. The number of hydrogen-bond donors (Lipinski definition) is 3. The highest BCUT2D eigenvalue weighted by Crippen LogP contribution is 2.37. The van der Waals surface area contributed by atoms with Crippen molar-refractivity contribution in [1.29, 1.82) is 5.26 Å². The Labute approximate surface area is 213 Å². The van der Waals surface area contributed by atoms with Crippen LogP contribution in [-0.4, -0.2) is 20.4 Å². The second-order valence-corrected chi connectivity index (χ2v) is 8.60. The average molecular weight is 522 g/mol. The third kappa shape index (κ3) is 4.52. The summed E-state index contributed by atoms with van der Waals surface area (Å²) in [5, 5.41) is 27.7. The number of aromatic nitrogens is 4. The molecular formula is C25H15Cl2F2N7. The lowest BCUT2D eigenvalue weighted by Gasteiger charge is -2.20. The smallest absolute Gasteiger partial charge is 0.149 e. The first kappa shape index (κ1) is 23.5. The van der Waals surface area contributed by atoms with Crippen LogP contribution in [0.3, 0.4) is 0 Å². The number of H-pyrrole nitrogens is 1. The van der Waals surface area contributed by atoms with Gasteiger partial charge in [0, 0.05) is 22.3 Å². The first-order valence-electron chi connectivity index (χ1n) is 10.6. The van der Waals surface area contributed by atoms with E-state index in [1.54, 1.807) is 30.5 Å². The Morgan fingerprint density at radius 2 is 1.72 bits per heavy atom. The predicted octanol–water partition coefficient (Wildman–Crippen LogP) is 6.75. The maximum Gasteiger partial charge on any atom is 0.149 e. The van der Waals surface area contributed by atoms with Gasteiger partial charge in [-0.2, -0.15) is 20.7 Å². The molecule has 0 spiro atoms. The molecule has 36 heavy (non-hydrogen) atoms. The molecule has 178 valence electrons. The summed E-state index contributed by atoms with van der Waals surface area (Å²) in [6, 6.07) is 15.6. The molecule has 0 fully saturated rings. The molecule has 3 aromatic carbocycles. The summed E-state index contributed by atoms with van der Waals surface area (Å²) < 4.78 is 28.8. The predicted molar refractivity (Wildman–Crippen MR) is 134 cm³/mol. The molecule has 0 aliphatic carbocycles. The minimum Gasteiger partial charge on any atom is -0.373 e. The van der Waals surface area contributed by atoms with Gasteiger partial charge < -0.3 is 10.6 Å². The molecule has 3 N–H and O–H groups in total. The van der Waals surface area contributed by atoms with E-state index in [4.69, 9.17) is 23.2 Å². The molecule has 7 nitrogen and oxygen atoms in total. The molecule has 1 unspecified atom stereocenters. The van der Waals surface area contributed by atoms with Crippen molar-refractivity contribution in [3.05, 3.63) is 105 Å². The van der Waals surface area contributed by atoms with E-state index in [1.807, 2.05) is 18.2 Å². The zero-order chi connectivity index (χ0) is 25.2.